The van der Waals surface area contributed by atoms with E-state index < -0.39 is 15.8 Å². The summed E-state index contributed by atoms with van der Waals surface area (Å²) in [5.74, 6) is 0.796. The van der Waals surface area contributed by atoms with E-state index >= 15 is 0 Å². The number of nitrogens with one attached hydrogen (secondary N) is 1. The molecule has 2 atom stereocenters. The number of hydrogen-bond donors (Lipinski definition) is 2. The lowest BCUT2D eigenvalue weighted by molar-refractivity contribution is 0.0525. The highest BCUT2D eigenvalue weighted by Gasteiger charge is 2.35. The van der Waals surface area contributed by atoms with Gasteiger partial charge in [-0.05, 0) is 31.1 Å². The molecule has 0 amide bonds. The lowest BCUT2D eigenvalue weighted by Gasteiger charge is -2.34. The Bertz CT molecular complexity index is 394. The van der Waals surface area contributed by atoms with E-state index in [0.29, 0.717) is 37.8 Å². The van der Waals surface area contributed by atoms with Gasteiger partial charge >= 0.3 is 0 Å². The molecule has 2 aliphatic rings. The summed E-state index contributed by atoms with van der Waals surface area (Å²) in [6, 6.07) is 0. The molecule has 2 unspecified atom stereocenters. The van der Waals surface area contributed by atoms with Crippen LogP contribution < -0.4 is 4.72 Å². The second kappa shape index (κ2) is 5.68. The van der Waals surface area contributed by atoms with E-state index in [9.17, 15) is 13.5 Å². The van der Waals surface area contributed by atoms with E-state index in [1.54, 1.807) is 0 Å². The van der Waals surface area contributed by atoms with Gasteiger partial charge in [-0.3, -0.25) is 0 Å². The summed E-state index contributed by atoms with van der Waals surface area (Å²) in [7, 11) is -3.45. The van der Waals surface area contributed by atoms with Gasteiger partial charge in [0.15, 0.2) is 0 Å². The molecule has 1 aliphatic carbocycles. The summed E-state index contributed by atoms with van der Waals surface area (Å²) in [4.78, 5) is 0. The molecule has 0 radical (unpaired) electrons. The van der Waals surface area contributed by atoms with Crippen LogP contribution >= 0.6 is 0 Å². The van der Waals surface area contributed by atoms with E-state index in [1.807, 2.05) is 0 Å². The van der Waals surface area contributed by atoms with Gasteiger partial charge < -0.3 is 5.11 Å². The maximum absolute atomic E-state index is 12.3. The SMILES string of the molecule is CC1CC(C)CN(S(=O)(=O)NCC2(O)CCCC2)C1. The Morgan fingerprint density at radius 2 is 1.74 bits per heavy atom. The Morgan fingerprint density at radius 1 is 1.21 bits per heavy atom. The zero-order chi connectivity index (χ0) is 14.1. The Hall–Kier alpha value is -0.170. The van der Waals surface area contributed by atoms with Crippen molar-refractivity contribution in [2.75, 3.05) is 19.6 Å². The molecule has 0 aromatic rings. The molecule has 0 aromatic heterocycles. The summed E-state index contributed by atoms with van der Waals surface area (Å²) in [6.07, 6.45) is 4.44. The molecular formula is C13H26N2O3S. The van der Waals surface area contributed by atoms with Crippen molar-refractivity contribution in [2.24, 2.45) is 11.8 Å². The Morgan fingerprint density at radius 3 is 2.26 bits per heavy atom. The number of hydrogen-bond acceptors (Lipinski definition) is 3. The average molecular weight is 290 g/mol. The van der Waals surface area contributed by atoms with Gasteiger partial charge in [0.1, 0.15) is 0 Å². The van der Waals surface area contributed by atoms with Gasteiger partial charge in [0, 0.05) is 19.6 Å². The molecule has 5 nitrogen and oxygen atoms in total. The van der Waals surface area contributed by atoms with Gasteiger partial charge in [0.05, 0.1) is 5.60 Å². The Labute approximate surface area is 116 Å². The summed E-state index contributed by atoms with van der Waals surface area (Å²) in [5.41, 5.74) is -0.833. The van der Waals surface area contributed by atoms with Gasteiger partial charge in [-0.25, -0.2) is 0 Å². The summed E-state index contributed by atoms with van der Waals surface area (Å²) in [5, 5.41) is 10.2. The molecule has 2 fully saturated rings. The van der Waals surface area contributed by atoms with Gasteiger partial charge in [0.2, 0.25) is 0 Å². The number of piperidine rings is 1. The number of nitrogens with zero attached hydrogens (tertiary/aromatic N) is 1. The third kappa shape index (κ3) is 3.90. The third-order valence-corrected chi connectivity index (χ3v) is 5.78. The first kappa shape index (κ1) is 15.2. The van der Waals surface area contributed by atoms with Gasteiger partial charge in [-0.15, -0.1) is 0 Å². The number of aliphatic hydroxyl groups is 1. The van der Waals surface area contributed by atoms with Crippen LogP contribution in [0.2, 0.25) is 0 Å². The van der Waals surface area contributed by atoms with Crippen LogP contribution in [0.3, 0.4) is 0 Å². The first-order valence-electron chi connectivity index (χ1n) is 7.28. The van der Waals surface area contributed by atoms with Crippen LogP contribution in [-0.2, 0) is 10.2 Å². The van der Waals surface area contributed by atoms with E-state index in [2.05, 4.69) is 18.6 Å². The minimum absolute atomic E-state index is 0.147. The van der Waals surface area contributed by atoms with Crippen molar-refractivity contribution in [3.63, 3.8) is 0 Å². The van der Waals surface area contributed by atoms with Crippen molar-refractivity contribution in [1.29, 1.82) is 0 Å². The second-order valence-corrected chi connectivity index (χ2v) is 8.28. The molecule has 1 aliphatic heterocycles. The first-order valence-corrected chi connectivity index (χ1v) is 8.72. The average Bonchev–Trinajstić information content (AvgIpc) is 2.73. The standard InChI is InChI=1S/C13H26N2O3S/c1-11-7-12(2)9-15(8-11)19(17,18)14-10-13(16)5-3-4-6-13/h11-12,14,16H,3-10H2,1-2H3. The summed E-state index contributed by atoms with van der Waals surface area (Å²) < 4.78 is 28.7. The summed E-state index contributed by atoms with van der Waals surface area (Å²) >= 11 is 0. The van der Waals surface area contributed by atoms with Crippen LogP contribution in [-0.4, -0.2) is 43.1 Å². The Kier molecular flexibility index (Phi) is 4.55. The largest absolute Gasteiger partial charge is 0.389 e. The molecule has 0 spiro atoms. The molecule has 1 saturated carbocycles. The minimum atomic E-state index is -3.45. The van der Waals surface area contributed by atoms with Crippen LogP contribution in [0.5, 0.6) is 0 Å². The van der Waals surface area contributed by atoms with Crippen molar-refractivity contribution >= 4 is 10.2 Å². The smallest absolute Gasteiger partial charge is 0.279 e. The van der Waals surface area contributed by atoms with Crippen LogP contribution in [0, 0.1) is 11.8 Å². The van der Waals surface area contributed by atoms with Gasteiger partial charge in [-0.2, -0.15) is 17.4 Å². The topological polar surface area (TPSA) is 69.6 Å². The second-order valence-electron chi connectivity index (χ2n) is 6.52. The first-order chi connectivity index (χ1) is 8.81. The molecule has 6 heteroatoms. The zero-order valence-corrected chi connectivity index (χ0v) is 12.7. The fourth-order valence-electron chi connectivity index (χ4n) is 3.33. The molecule has 2 N–H and O–H groups in total. The maximum Gasteiger partial charge on any atom is 0.279 e. The fraction of sp³-hybridized carbons (Fsp3) is 1.00. The maximum atomic E-state index is 12.3. The van der Waals surface area contributed by atoms with Crippen molar-refractivity contribution in [1.82, 2.24) is 9.03 Å². The van der Waals surface area contributed by atoms with Crippen molar-refractivity contribution < 1.29 is 13.5 Å². The fourth-order valence-corrected chi connectivity index (χ4v) is 4.86. The molecular weight excluding hydrogens is 264 g/mol. The lowest BCUT2D eigenvalue weighted by Crippen LogP contribution is -2.51. The Balaban J connectivity index is 1.94. The molecule has 112 valence electrons. The van der Waals surface area contributed by atoms with Crippen LogP contribution in [0.1, 0.15) is 46.0 Å². The molecule has 1 saturated heterocycles. The summed E-state index contributed by atoms with van der Waals surface area (Å²) in [6.45, 7) is 5.48. The van der Waals surface area contributed by atoms with Crippen LogP contribution in [0.4, 0.5) is 0 Å². The van der Waals surface area contributed by atoms with E-state index in [1.165, 1.54) is 4.31 Å². The highest BCUT2D eigenvalue weighted by atomic mass is 32.2. The predicted octanol–water partition coefficient (Wildman–Crippen LogP) is 1.10. The third-order valence-electron chi connectivity index (χ3n) is 4.29. The van der Waals surface area contributed by atoms with Crippen LogP contribution in [0.15, 0.2) is 0 Å². The molecule has 2 rings (SSSR count). The zero-order valence-electron chi connectivity index (χ0n) is 11.9. The lowest BCUT2D eigenvalue weighted by atomic mass is 9.94. The van der Waals surface area contributed by atoms with Gasteiger partial charge in [-0.1, -0.05) is 26.7 Å². The highest BCUT2D eigenvalue weighted by molar-refractivity contribution is 7.87. The van der Waals surface area contributed by atoms with E-state index in [0.717, 1.165) is 19.3 Å². The quantitative estimate of drug-likeness (QED) is 0.814. The molecule has 19 heavy (non-hydrogen) atoms. The van der Waals surface area contributed by atoms with E-state index in [4.69, 9.17) is 0 Å². The number of rotatable bonds is 4. The normalized spacial score (nSPS) is 32.6. The van der Waals surface area contributed by atoms with Crippen LogP contribution in [0.25, 0.3) is 0 Å². The highest BCUT2D eigenvalue weighted by Crippen LogP contribution is 2.29. The molecule has 0 aromatic carbocycles. The van der Waals surface area contributed by atoms with Gasteiger partial charge in [0.25, 0.3) is 10.2 Å². The van der Waals surface area contributed by atoms with Crippen molar-refractivity contribution in [2.45, 2.75) is 51.6 Å². The minimum Gasteiger partial charge on any atom is -0.389 e. The van der Waals surface area contributed by atoms with Crippen molar-refractivity contribution in [3.05, 3.63) is 0 Å². The van der Waals surface area contributed by atoms with E-state index in [-0.39, 0.29) is 6.54 Å². The van der Waals surface area contributed by atoms with Crippen molar-refractivity contribution in [3.8, 4) is 0 Å². The predicted molar refractivity (Wildman–Crippen MR) is 74.9 cm³/mol. The molecule has 1 heterocycles. The monoisotopic (exact) mass is 290 g/mol. The molecule has 0 bridgehead atoms.